The van der Waals surface area contributed by atoms with Crippen molar-refractivity contribution in [1.29, 1.82) is 0 Å². The molecule has 1 aromatic carbocycles. The molecular weight excluding hydrogens is 237 g/mol. The van der Waals surface area contributed by atoms with Gasteiger partial charge in [-0.15, -0.1) is 0 Å². The van der Waals surface area contributed by atoms with Crippen LogP contribution in [0.25, 0.3) is 0 Å². The predicted octanol–water partition coefficient (Wildman–Crippen LogP) is 4.62. The van der Waals surface area contributed by atoms with Gasteiger partial charge in [0, 0.05) is 5.54 Å². The topological polar surface area (TPSA) is 12.0 Å². The van der Waals surface area contributed by atoms with Crippen LogP contribution in [-0.4, -0.2) is 6.54 Å². The van der Waals surface area contributed by atoms with E-state index in [0.29, 0.717) is 0 Å². The van der Waals surface area contributed by atoms with Crippen molar-refractivity contribution in [2.75, 3.05) is 6.54 Å². The number of hydrogen-bond acceptors (Lipinski definition) is 1. The van der Waals surface area contributed by atoms with Crippen LogP contribution < -0.4 is 5.32 Å². The Balaban J connectivity index is 2.37. The van der Waals surface area contributed by atoms with Gasteiger partial charge in [0.05, 0.1) is 0 Å². The average molecular weight is 263 g/mol. The molecule has 1 N–H and O–H groups in total. The third-order valence-corrected chi connectivity index (χ3v) is 3.95. The highest BCUT2D eigenvalue weighted by molar-refractivity contribution is 5.26. The van der Waals surface area contributed by atoms with Gasteiger partial charge >= 0.3 is 0 Å². The van der Waals surface area contributed by atoms with Crippen molar-refractivity contribution in [2.45, 2.75) is 58.4 Å². The molecule has 19 heavy (non-hydrogen) atoms. The first-order valence-electron chi connectivity index (χ1n) is 7.42. The van der Waals surface area contributed by atoms with Gasteiger partial charge in [0.2, 0.25) is 0 Å². The second-order valence-corrected chi connectivity index (χ2v) is 7.07. The number of hydrogen-bond donors (Lipinski definition) is 1. The molecule has 1 aliphatic rings. The van der Waals surface area contributed by atoms with Crippen LogP contribution in [0.2, 0.25) is 0 Å². The van der Waals surface area contributed by atoms with E-state index in [1.165, 1.54) is 25.3 Å². The molecule has 0 aliphatic carbocycles. The lowest BCUT2D eigenvalue weighted by Gasteiger charge is -2.39. The maximum absolute atomic E-state index is 13.6. The molecule has 1 unspecified atom stereocenters. The molecule has 1 heterocycles. The highest BCUT2D eigenvalue weighted by atomic mass is 19.1. The van der Waals surface area contributed by atoms with Crippen LogP contribution in [0.5, 0.6) is 0 Å². The summed E-state index contributed by atoms with van der Waals surface area (Å²) in [6, 6.07) is 7.16. The van der Waals surface area contributed by atoms with E-state index in [4.69, 9.17) is 0 Å². The van der Waals surface area contributed by atoms with Crippen molar-refractivity contribution in [2.24, 2.45) is 5.41 Å². The van der Waals surface area contributed by atoms with E-state index in [-0.39, 0.29) is 16.8 Å². The van der Waals surface area contributed by atoms with Crippen LogP contribution in [0.1, 0.15) is 58.4 Å². The van der Waals surface area contributed by atoms with E-state index in [9.17, 15) is 4.39 Å². The van der Waals surface area contributed by atoms with E-state index in [2.05, 4.69) is 32.2 Å². The standard InChI is InChI=1S/C17H26FN/c1-16(2,3)13-17(10-5-4-6-11-19-17)14-8-7-9-15(18)12-14/h7-9,12,19H,4-6,10-11,13H2,1-3H3. The van der Waals surface area contributed by atoms with Crippen LogP contribution in [0, 0.1) is 11.2 Å². The first-order chi connectivity index (χ1) is 8.91. The van der Waals surface area contributed by atoms with Crippen LogP contribution in [-0.2, 0) is 5.54 Å². The fourth-order valence-electron chi connectivity index (χ4n) is 3.34. The third kappa shape index (κ3) is 3.79. The predicted molar refractivity (Wildman–Crippen MR) is 78.6 cm³/mol. The number of nitrogens with one attached hydrogen (secondary N) is 1. The monoisotopic (exact) mass is 263 g/mol. The second kappa shape index (κ2) is 5.62. The van der Waals surface area contributed by atoms with Gasteiger partial charge in [0.25, 0.3) is 0 Å². The third-order valence-electron chi connectivity index (χ3n) is 3.95. The van der Waals surface area contributed by atoms with Crippen molar-refractivity contribution in [3.63, 3.8) is 0 Å². The quantitative estimate of drug-likeness (QED) is 0.821. The summed E-state index contributed by atoms with van der Waals surface area (Å²) in [6.45, 7) is 7.83. The maximum atomic E-state index is 13.6. The smallest absolute Gasteiger partial charge is 0.123 e. The molecule has 0 aromatic heterocycles. The van der Waals surface area contributed by atoms with Gasteiger partial charge in [-0.25, -0.2) is 4.39 Å². The van der Waals surface area contributed by atoms with Gasteiger partial charge in [0.15, 0.2) is 0 Å². The minimum atomic E-state index is -0.128. The lowest BCUT2D eigenvalue weighted by molar-refractivity contribution is 0.202. The Labute approximate surface area is 116 Å². The summed E-state index contributed by atoms with van der Waals surface area (Å²) in [6.07, 6.45) is 5.87. The summed E-state index contributed by atoms with van der Waals surface area (Å²) < 4.78 is 13.6. The summed E-state index contributed by atoms with van der Waals surface area (Å²) in [7, 11) is 0. The molecule has 0 radical (unpaired) electrons. The van der Waals surface area contributed by atoms with Crippen molar-refractivity contribution < 1.29 is 4.39 Å². The van der Waals surface area contributed by atoms with Crippen LogP contribution in [0.4, 0.5) is 4.39 Å². The molecular formula is C17H26FN. The Morgan fingerprint density at radius 3 is 2.68 bits per heavy atom. The Hall–Kier alpha value is -0.890. The zero-order chi connectivity index (χ0) is 13.9. The molecule has 0 bridgehead atoms. The van der Waals surface area contributed by atoms with E-state index in [0.717, 1.165) is 24.9 Å². The molecule has 0 amide bonds. The normalized spacial score (nSPS) is 25.1. The summed E-state index contributed by atoms with van der Waals surface area (Å²) in [5, 5.41) is 3.73. The van der Waals surface area contributed by atoms with Gasteiger partial charge in [0.1, 0.15) is 5.82 Å². The fourth-order valence-corrected chi connectivity index (χ4v) is 3.34. The lowest BCUT2D eigenvalue weighted by Crippen LogP contribution is -2.44. The van der Waals surface area contributed by atoms with Crippen LogP contribution in [0.3, 0.4) is 0 Å². The Morgan fingerprint density at radius 1 is 1.21 bits per heavy atom. The van der Waals surface area contributed by atoms with E-state index in [1.807, 2.05) is 6.07 Å². The summed E-state index contributed by atoms with van der Waals surface area (Å²) in [5.74, 6) is -0.128. The highest BCUT2D eigenvalue weighted by Crippen LogP contribution is 2.40. The Morgan fingerprint density at radius 2 is 2.00 bits per heavy atom. The molecule has 1 saturated heterocycles. The number of rotatable bonds is 2. The summed E-state index contributed by atoms with van der Waals surface area (Å²) in [5.41, 5.74) is 1.28. The molecule has 1 aromatic rings. The first-order valence-corrected chi connectivity index (χ1v) is 7.42. The lowest BCUT2D eigenvalue weighted by atomic mass is 9.73. The average Bonchev–Trinajstić information content (AvgIpc) is 2.53. The molecule has 106 valence electrons. The Kier molecular flexibility index (Phi) is 4.29. The van der Waals surface area contributed by atoms with E-state index >= 15 is 0 Å². The van der Waals surface area contributed by atoms with Crippen molar-refractivity contribution >= 4 is 0 Å². The zero-order valence-corrected chi connectivity index (χ0v) is 12.4. The Bertz CT molecular complexity index is 412. The molecule has 0 saturated carbocycles. The molecule has 0 spiro atoms. The number of benzene rings is 1. The van der Waals surface area contributed by atoms with E-state index < -0.39 is 0 Å². The van der Waals surface area contributed by atoms with E-state index in [1.54, 1.807) is 6.07 Å². The minimum absolute atomic E-state index is 0.0587. The molecule has 2 rings (SSSR count). The highest BCUT2D eigenvalue weighted by Gasteiger charge is 2.36. The maximum Gasteiger partial charge on any atom is 0.123 e. The van der Waals surface area contributed by atoms with Gasteiger partial charge in [-0.1, -0.05) is 45.7 Å². The minimum Gasteiger partial charge on any atom is -0.307 e. The van der Waals surface area contributed by atoms with Gasteiger partial charge in [-0.05, 0) is 48.9 Å². The first kappa shape index (κ1) is 14.5. The van der Waals surface area contributed by atoms with Crippen molar-refractivity contribution in [3.8, 4) is 0 Å². The second-order valence-electron chi connectivity index (χ2n) is 7.07. The van der Waals surface area contributed by atoms with Crippen molar-refractivity contribution in [1.82, 2.24) is 5.32 Å². The molecule has 2 heteroatoms. The summed E-state index contributed by atoms with van der Waals surface area (Å²) >= 11 is 0. The van der Waals surface area contributed by atoms with Crippen LogP contribution >= 0.6 is 0 Å². The molecule has 1 atom stereocenters. The summed E-state index contributed by atoms with van der Waals surface area (Å²) in [4.78, 5) is 0. The molecule has 1 nitrogen and oxygen atoms in total. The van der Waals surface area contributed by atoms with Crippen molar-refractivity contribution in [3.05, 3.63) is 35.6 Å². The van der Waals surface area contributed by atoms with Gasteiger partial charge in [-0.2, -0.15) is 0 Å². The van der Waals surface area contributed by atoms with Crippen LogP contribution in [0.15, 0.2) is 24.3 Å². The van der Waals surface area contributed by atoms with Gasteiger partial charge < -0.3 is 5.32 Å². The molecule has 1 fully saturated rings. The fraction of sp³-hybridized carbons (Fsp3) is 0.647. The molecule has 1 aliphatic heterocycles. The largest absolute Gasteiger partial charge is 0.307 e. The number of halogens is 1. The zero-order valence-electron chi connectivity index (χ0n) is 12.4. The van der Waals surface area contributed by atoms with Gasteiger partial charge in [-0.3, -0.25) is 0 Å². The SMILES string of the molecule is CC(C)(C)CC1(c2cccc(F)c2)CCCCCN1.